The summed E-state index contributed by atoms with van der Waals surface area (Å²) >= 11 is 0. The second-order valence-corrected chi connectivity index (χ2v) is 5.20. The molecule has 0 spiro atoms. The van der Waals surface area contributed by atoms with Crippen LogP contribution in [-0.2, 0) is 19.6 Å². The number of nitrogens with two attached hydrogens (primary N) is 1. The molecule has 2 aromatic rings. The minimum absolute atomic E-state index is 0.0383. The van der Waals surface area contributed by atoms with Gasteiger partial charge in [0.1, 0.15) is 35.8 Å². The monoisotopic (exact) mass is 392 g/mol. The van der Waals surface area contributed by atoms with E-state index in [2.05, 4.69) is 10.1 Å². The Kier molecular flexibility index (Phi) is 5.03. The number of carbonyl (C=O) groups excluding carboxylic acids is 1. The number of anilines is 2. The fourth-order valence-corrected chi connectivity index (χ4v) is 2.10. The van der Waals surface area contributed by atoms with E-state index in [1.165, 1.54) is 0 Å². The Labute approximate surface area is 147 Å². The minimum Gasteiger partial charge on any atom is -0.383 e. The number of hydrogen-bond acceptors (Lipinski definition) is 5. The third kappa shape index (κ3) is 3.50. The molecule has 0 atom stereocenters. The summed E-state index contributed by atoms with van der Waals surface area (Å²) in [5.74, 6) is -7.51. The number of nitrogens with zero attached hydrogens (tertiary/aromatic N) is 4. The van der Waals surface area contributed by atoms with Gasteiger partial charge in [-0.1, -0.05) is 0 Å². The molecule has 0 aliphatic rings. The summed E-state index contributed by atoms with van der Waals surface area (Å²) in [5, 5.41) is 13.7. The van der Waals surface area contributed by atoms with Crippen LogP contribution in [0.1, 0.15) is 27.3 Å². The SMILES string of the molecule is Cn1nc(C(F)(F)C(F)(F)F)c(CF)c1NC(=O)c1ccc(C#N)c(N)n1. The van der Waals surface area contributed by atoms with Gasteiger partial charge in [-0.15, -0.1) is 0 Å². The van der Waals surface area contributed by atoms with E-state index in [-0.39, 0.29) is 17.1 Å². The fraction of sp³-hybridized carbons (Fsp3) is 0.286. The summed E-state index contributed by atoms with van der Waals surface area (Å²) < 4.78 is 78.5. The van der Waals surface area contributed by atoms with E-state index in [0.29, 0.717) is 4.68 Å². The van der Waals surface area contributed by atoms with Crippen molar-refractivity contribution in [2.45, 2.75) is 18.8 Å². The fourth-order valence-electron chi connectivity index (χ4n) is 2.10. The summed E-state index contributed by atoms with van der Waals surface area (Å²) in [5.41, 5.74) is 2.04. The van der Waals surface area contributed by atoms with Crippen LogP contribution in [0.25, 0.3) is 0 Å². The van der Waals surface area contributed by atoms with Gasteiger partial charge in [0, 0.05) is 7.05 Å². The first-order chi connectivity index (χ1) is 12.4. The van der Waals surface area contributed by atoms with Gasteiger partial charge in [-0.05, 0) is 12.1 Å². The van der Waals surface area contributed by atoms with Gasteiger partial charge >= 0.3 is 12.1 Å². The maximum Gasteiger partial charge on any atom is 0.459 e. The molecule has 7 nitrogen and oxygen atoms in total. The zero-order valence-corrected chi connectivity index (χ0v) is 13.4. The van der Waals surface area contributed by atoms with E-state index in [1.807, 2.05) is 5.32 Å². The zero-order chi connectivity index (χ0) is 20.6. The summed E-state index contributed by atoms with van der Waals surface area (Å²) in [6.07, 6.45) is -6.00. The Bertz CT molecular complexity index is 929. The molecule has 0 radical (unpaired) electrons. The van der Waals surface area contributed by atoms with Crippen molar-refractivity contribution in [2.75, 3.05) is 11.1 Å². The van der Waals surface area contributed by atoms with Gasteiger partial charge in [-0.3, -0.25) is 9.48 Å². The van der Waals surface area contributed by atoms with Crippen molar-refractivity contribution in [1.82, 2.24) is 14.8 Å². The summed E-state index contributed by atoms with van der Waals surface area (Å²) in [6, 6.07) is 3.92. The highest BCUT2D eigenvalue weighted by Gasteiger charge is 2.61. The summed E-state index contributed by atoms with van der Waals surface area (Å²) in [4.78, 5) is 15.8. The normalized spacial score (nSPS) is 11.9. The second-order valence-electron chi connectivity index (χ2n) is 5.20. The second kappa shape index (κ2) is 6.78. The minimum atomic E-state index is -6.00. The Hall–Kier alpha value is -3.30. The number of amides is 1. The molecule has 0 unspecified atom stereocenters. The number of aromatic nitrogens is 3. The number of rotatable bonds is 4. The molecule has 2 rings (SSSR count). The van der Waals surface area contributed by atoms with Gasteiger partial charge in [0.25, 0.3) is 5.91 Å². The molecular formula is C14H10F6N6O. The number of carbonyl (C=O) groups is 1. The maximum atomic E-state index is 13.6. The first kappa shape index (κ1) is 20.0. The van der Waals surface area contributed by atoms with Crippen molar-refractivity contribution in [2.24, 2.45) is 7.05 Å². The molecule has 3 N–H and O–H groups in total. The molecule has 2 heterocycles. The quantitative estimate of drug-likeness (QED) is 0.778. The Morgan fingerprint density at radius 2 is 1.96 bits per heavy atom. The standard InChI is InChI=1S/C14H10F6N6O/c1-26-11(7(4-15)9(25-26)13(16,17)14(18,19)20)24-12(27)8-3-2-6(5-21)10(22)23-8/h2-3H,4H2,1H3,(H2,22,23)(H,24,27). The molecule has 0 aromatic carbocycles. The van der Waals surface area contributed by atoms with Gasteiger partial charge in [-0.2, -0.15) is 32.3 Å². The third-order valence-corrected chi connectivity index (χ3v) is 3.44. The van der Waals surface area contributed by atoms with E-state index in [9.17, 15) is 31.1 Å². The van der Waals surface area contributed by atoms with Crippen molar-refractivity contribution in [3.8, 4) is 6.07 Å². The van der Waals surface area contributed by atoms with Gasteiger partial charge in [0.2, 0.25) is 0 Å². The largest absolute Gasteiger partial charge is 0.459 e. The Morgan fingerprint density at radius 1 is 1.33 bits per heavy atom. The third-order valence-electron chi connectivity index (χ3n) is 3.44. The van der Waals surface area contributed by atoms with Gasteiger partial charge in [0.05, 0.1) is 11.1 Å². The summed E-state index contributed by atoms with van der Waals surface area (Å²) in [7, 11) is 0.950. The lowest BCUT2D eigenvalue weighted by Gasteiger charge is -2.18. The van der Waals surface area contributed by atoms with Crippen LogP contribution >= 0.6 is 0 Å². The van der Waals surface area contributed by atoms with E-state index in [0.717, 1.165) is 19.2 Å². The van der Waals surface area contributed by atoms with E-state index >= 15 is 0 Å². The molecule has 0 bridgehead atoms. The number of halogens is 6. The van der Waals surface area contributed by atoms with Crippen molar-refractivity contribution in [1.29, 1.82) is 5.26 Å². The van der Waals surface area contributed by atoms with E-state index in [1.54, 1.807) is 6.07 Å². The number of alkyl halides is 6. The summed E-state index contributed by atoms with van der Waals surface area (Å²) in [6.45, 7) is -1.74. The number of nitriles is 1. The predicted molar refractivity (Wildman–Crippen MR) is 79.3 cm³/mol. The Morgan fingerprint density at radius 3 is 2.44 bits per heavy atom. The van der Waals surface area contributed by atoms with Crippen LogP contribution in [0.4, 0.5) is 38.0 Å². The van der Waals surface area contributed by atoms with Crippen molar-refractivity contribution < 1.29 is 31.1 Å². The zero-order valence-electron chi connectivity index (χ0n) is 13.4. The van der Waals surface area contributed by atoms with Crippen LogP contribution in [-0.4, -0.2) is 26.8 Å². The van der Waals surface area contributed by atoms with Gasteiger partial charge < -0.3 is 11.1 Å². The van der Waals surface area contributed by atoms with Crippen LogP contribution in [0, 0.1) is 11.3 Å². The molecule has 27 heavy (non-hydrogen) atoms. The maximum absolute atomic E-state index is 13.6. The molecule has 1 amide bonds. The molecule has 0 saturated carbocycles. The molecule has 0 fully saturated rings. The predicted octanol–water partition coefficient (Wildman–Crippen LogP) is 2.64. The van der Waals surface area contributed by atoms with Crippen LogP contribution < -0.4 is 11.1 Å². The molecule has 2 aromatic heterocycles. The van der Waals surface area contributed by atoms with Gasteiger partial charge in [0.15, 0.2) is 0 Å². The van der Waals surface area contributed by atoms with Crippen molar-refractivity contribution in [3.05, 3.63) is 34.6 Å². The molecule has 0 aliphatic carbocycles. The number of nitrogens with one attached hydrogen (secondary N) is 1. The first-order valence-corrected chi connectivity index (χ1v) is 6.98. The number of hydrogen-bond donors (Lipinski definition) is 2. The first-order valence-electron chi connectivity index (χ1n) is 6.98. The molecule has 0 aliphatic heterocycles. The molecule has 144 valence electrons. The van der Waals surface area contributed by atoms with Crippen LogP contribution in [0.2, 0.25) is 0 Å². The molecule has 0 saturated heterocycles. The average Bonchev–Trinajstić information content (AvgIpc) is 2.90. The number of nitrogen functional groups attached to an aromatic ring is 1. The smallest absolute Gasteiger partial charge is 0.383 e. The lowest BCUT2D eigenvalue weighted by Crippen LogP contribution is -2.35. The lowest BCUT2D eigenvalue weighted by atomic mass is 10.1. The van der Waals surface area contributed by atoms with Crippen LogP contribution in [0.5, 0.6) is 0 Å². The lowest BCUT2D eigenvalue weighted by molar-refractivity contribution is -0.291. The molecule has 13 heteroatoms. The molecular weight excluding hydrogens is 382 g/mol. The average molecular weight is 392 g/mol. The van der Waals surface area contributed by atoms with Crippen molar-refractivity contribution in [3.63, 3.8) is 0 Å². The number of pyridine rings is 1. The number of aryl methyl sites for hydroxylation is 1. The Balaban J connectivity index is 2.44. The topological polar surface area (TPSA) is 110 Å². The van der Waals surface area contributed by atoms with E-state index in [4.69, 9.17) is 11.0 Å². The highest BCUT2D eigenvalue weighted by Crippen LogP contribution is 2.45. The highest BCUT2D eigenvalue weighted by atomic mass is 19.4. The highest BCUT2D eigenvalue weighted by molar-refractivity contribution is 6.03. The van der Waals surface area contributed by atoms with Gasteiger partial charge in [-0.25, -0.2) is 9.37 Å². The van der Waals surface area contributed by atoms with Crippen molar-refractivity contribution >= 4 is 17.5 Å². The van der Waals surface area contributed by atoms with Crippen LogP contribution in [0.3, 0.4) is 0 Å². The van der Waals surface area contributed by atoms with E-state index < -0.39 is 41.8 Å². The van der Waals surface area contributed by atoms with Crippen LogP contribution in [0.15, 0.2) is 12.1 Å².